The third-order valence-electron chi connectivity index (χ3n) is 2.43. The van der Waals surface area contributed by atoms with E-state index < -0.39 is 0 Å². The Bertz CT molecular complexity index is 557. The van der Waals surface area contributed by atoms with Crippen molar-refractivity contribution in [2.45, 2.75) is 19.8 Å². The first kappa shape index (κ1) is 12.6. The molecule has 0 bridgehead atoms. The molecule has 92 valence electrons. The van der Waals surface area contributed by atoms with E-state index in [0.717, 1.165) is 22.9 Å². The molecule has 3 nitrogen and oxygen atoms in total. The van der Waals surface area contributed by atoms with E-state index in [2.05, 4.69) is 11.1 Å². The van der Waals surface area contributed by atoms with Crippen LogP contribution in [-0.2, 0) is 12.8 Å². The average Bonchev–Trinajstić information content (AvgIpc) is 2.78. The minimum Gasteiger partial charge on any atom is -0.493 e. The van der Waals surface area contributed by atoms with E-state index in [-0.39, 0.29) is 0 Å². The van der Waals surface area contributed by atoms with Crippen LogP contribution in [0, 0.1) is 18.3 Å². The van der Waals surface area contributed by atoms with E-state index in [4.69, 9.17) is 10.00 Å². The largest absolute Gasteiger partial charge is 0.493 e. The smallest absolute Gasteiger partial charge is 0.119 e. The highest BCUT2D eigenvalue weighted by Crippen LogP contribution is 2.14. The number of hydrogen-bond donors (Lipinski definition) is 0. The molecule has 2 rings (SSSR count). The van der Waals surface area contributed by atoms with Gasteiger partial charge in [-0.25, -0.2) is 4.98 Å². The first-order chi connectivity index (χ1) is 8.78. The summed E-state index contributed by atoms with van der Waals surface area (Å²) in [6.07, 6.45) is 1.17. The van der Waals surface area contributed by atoms with Crippen LogP contribution in [0.3, 0.4) is 0 Å². The molecule has 0 N–H and O–H groups in total. The first-order valence-corrected chi connectivity index (χ1v) is 6.65. The van der Waals surface area contributed by atoms with E-state index in [1.807, 2.05) is 36.6 Å². The van der Waals surface area contributed by atoms with Crippen LogP contribution < -0.4 is 4.74 Å². The molecule has 0 saturated heterocycles. The van der Waals surface area contributed by atoms with E-state index in [1.165, 1.54) is 5.56 Å². The van der Waals surface area contributed by atoms with E-state index in [9.17, 15) is 0 Å². The number of nitriles is 1. The summed E-state index contributed by atoms with van der Waals surface area (Å²) in [4.78, 5) is 4.36. The summed E-state index contributed by atoms with van der Waals surface area (Å²) in [6, 6.07) is 10.1. The Morgan fingerprint density at radius 1 is 1.44 bits per heavy atom. The third-order valence-corrected chi connectivity index (χ3v) is 3.39. The molecule has 18 heavy (non-hydrogen) atoms. The zero-order valence-electron chi connectivity index (χ0n) is 10.2. The zero-order valence-corrected chi connectivity index (χ0v) is 11.0. The molecule has 0 atom stereocenters. The summed E-state index contributed by atoms with van der Waals surface area (Å²) in [5, 5.41) is 11.5. The van der Waals surface area contributed by atoms with Crippen LogP contribution in [-0.4, -0.2) is 11.6 Å². The molecule has 0 spiro atoms. The number of benzene rings is 1. The average molecular weight is 258 g/mol. The number of rotatable bonds is 5. The molecule has 0 aliphatic heterocycles. The summed E-state index contributed by atoms with van der Waals surface area (Å²) in [6.45, 7) is 2.66. The molecular formula is C14H14N2OS. The standard InChI is InChI=1S/C14H14N2OS/c1-11-3-2-4-13(9-11)17-8-6-14-16-12(5-7-15)10-18-14/h2-4,9-10H,5-6,8H2,1H3. The lowest BCUT2D eigenvalue weighted by Gasteiger charge is -2.05. The van der Waals surface area contributed by atoms with Gasteiger partial charge < -0.3 is 4.74 Å². The molecule has 0 aliphatic carbocycles. The number of thiazole rings is 1. The minimum absolute atomic E-state index is 0.384. The molecule has 0 amide bonds. The van der Waals surface area contributed by atoms with Crippen LogP contribution in [0.25, 0.3) is 0 Å². The highest BCUT2D eigenvalue weighted by atomic mass is 32.1. The quantitative estimate of drug-likeness (QED) is 0.827. The van der Waals surface area contributed by atoms with Gasteiger partial charge in [-0.3, -0.25) is 0 Å². The fourth-order valence-corrected chi connectivity index (χ4v) is 2.37. The van der Waals surface area contributed by atoms with Crippen molar-refractivity contribution in [2.24, 2.45) is 0 Å². The minimum atomic E-state index is 0.384. The van der Waals surface area contributed by atoms with Crippen molar-refractivity contribution in [3.63, 3.8) is 0 Å². The predicted octanol–water partition coefficient (Wildman–Crippen LogP) is 3.14. The molecule has 2 aromatic rings. The van der Waals surface area contributed by atoms with E-state index >= 15 is 0 Å². The second-order valence-electron chi connectivity index (χ2n) is 3.98. The molecule has 0 aliphatic rings. The van der Waals surface area contributed by atoms with Crippen molar-refractivity contribution in [2.75, 3.05) is 6.61 Å². The van der Waals surface area contributed by atoms with E-state index in [0.29, 0.717) is 13.0 Å². The summed E-state index contributed by atoms with van der Waals surface area (Å²) in [5.41, 5.74) is 2.05. The highest BCUT2D eigenvalue weighted by molar-refractivity contribution is 7.09. The third kappa shape index (κ3) is 3.57. The van der Waals surface area contributed by atoms with E-state index in [1.54, 1.807) is 11.3 Å². The van der Waals surface area contributed by atoms with Gasteiger partial charge >= 0.3 is 0 Å². The summed E-state index contributed by atoms with van der Waals surface area (Å²) in [5.74, 6) is 0.892. The van der Waals surface area contributed by atoms with Crippen molar-refractivity contribution in [3.05, 3.63) is 45.9 Å². The fourth-order valence-electron chi connectivity index (χ4n) is 1.59. The van der Waals surface area contributed by atoms with Crippen LogP contribution in [0.15, 0.2) is 29.6 Å². The second kappa shape index (κ2) is 6.18. The molecular weight excluding hydrogens is 244 g/mol. The first-order valence-electron chi connectivity index (χ1n) is 5.77. The Morgan fingerprint density at radius 2 is 2.33 bits per heavy atom. The number of nitrogens with zero attached hydrogens (tertiary/aromatic N) is 2. The maximum atomic E-state index is 8.57. The van der Waals surface area contributed by atoms with Gasteiger partial charge in [0.1, 0.15) is 5.75 Å². The maximum Gasteiger partial charge on any atom is 0.119 e. The van der Waals surface area contributed by atoms with Crippen LogP contribution in [0.4, 0.5) is 0 Å². The SMILES string of the molecule is Cc1cccc(OCCc2nc(CC#N)cs2)c1. The summed E-state index contributed by atoms with van der Waals surface area (Å²) < 4.78 is 5.66. The van der Waals surface area contributed by atoms with Gasteiger partial charge in [-0.05, 0) is 24.6 Å². The van der Waals surface area contributed by atoms with Gasteiger partial charge in [-0.15, -0.1) is 11.3 Å². The molecule has 0 fully saturated rings. The number of ether oxygens (including phenoxy) is 1. The van der Waals surface area contributed by atoms with Crippen LogP contribution >= 0.6 is 11.3 Å². The summed E-state index contributed by atoms with van der Waals surface area (Å²) >= 11 is 1.59. The lowest BCUT2D eigenvalue weighted by atomic mass is 10.2. The van der Waals surface area contributed by atoms with Gasteiger partial charge in [0.05, 0.1) is 29.8 Å². The molecule has 1 aromatic heterocycles. The lowest BCUT2D eigenvalue weighted by Crippen LogP contribution is -2.01. The number of aromatic nitrogens is 1. The molecule has 4 heteroatoms. The van der Waals surface area contributed by atoms with Crippen molar-refractivity contribution in [3.8, 4) is 11.8 Å². The predicted molar refractivity (Wildman–Crippen MR) is 71.8 cm³/mol. The Kier molecular flexibility index (Phi) is 4.32. The van der Waals surface area contributed by atoms with Gasteiger partial charge in [-0.2, -0.15) is 5.26 Å². The fraction of sp³-hybridized carbons (Fsp3) is 0.286. The second-order valence-corrected chi connectivity index (χ2v) is 4.93. The highest BCUT2D eigenvalue weighted by Gasteiger charge is 2.02. The Hall–Kier alpha value is -1.86. The number of aryl methyl sites for hydroxylation is 1. The van der Waals surface area contributed by atoms with Crippen molar-refractivity contribution in [1.82, 2.24) is 4.98 Å². The zero-order chi connectivity index (χ0) is 12.8. The Morgan fingerprint density at radius 3 is 3.11 bits per heavy atom. The normalized spacial score (nSPS) is 10.0. The van der Waals surface area contributed by atoms with Crippen molar-refractivity contribution < 1.29 is 4.74 Å². The molecule has 1 heterocycles. The lowest BCUT2D eigenvalue weighted by molar-refractivity contribution is 0.321. The van der Waals surface area contributed by atoms with Gasteiger partial charge in [0.2, 0.25) is 0 Å². The van der Waals surface area contributed by atoms with Crippen LogP contribution in [0.2, 0.25) is 0 Å². The number of hydrogen-bond acceptors (Lipinski definition) is 4. The van der Waals surface area contributed by atoms with Gasteiger partial charge in [0.25, 0.3) is 0 Å². The Balaban J connectivity index is 1.83. The topological polar surface area (TPSA) is 45.9 Å². The molecule has 0 radical (unpaired) electrons. The maximum absolute atomic E-state index is 8.57. The summed E-state index contributed by atoms with van der Waals surface area (Å²) in [7, 11) is 0. The molecule has 0 saturated carbocycles. The van der Waals surface area contributed by atoms with Crippen molar-refractivity contribution in [1.29, 1.82) is 5.26 Å². The van der Waals surface area contributed by atoms with Gasteiger partial charge in [-0.1, -0.05) is 12.1 Å². The molecule has 0 unspecified atom stereocenters. The van der Waals surface area contributed by atoms with Gasteiger partial charge in [0, 0.05) is 11.8 Å². The van der Waals surface area contributed by atoms with Crippen LogP contribution in [0.1, 0.15) is 16.3 Å². The monoisotopic (exact) mass is 258 g/mol. The molecule has 1 aromatic carbocycles. The Labute approximate surface area is 111 Å². The van der Waals surface area contributed by atoms with Gasteiger partial charge in [0.15, 0.2) is 0 Å². The van der Waals surface area contributed by atoms with Crippen molar-refractivity contribution >= 4 is 11.3 Å². The van der Waals surface area contributed by atoms with Crippen LogP contribution in [0.5, 0.6) is 5.75 Å².